The molecule has 3 rings (SSSR count). The summed E-state index contributed by atoms with van der Waals surface area (Å²) in [6, 6.07) is 14.4. The van der Waals surface area contributed by atoms with E-state index >= 15 is 0 Å². The summed E-state index contributed by atoms with van der Waals surface area (Å²) in [6.45, 7) is 8.30. The third kappa shape index (κ3) is 6.39. The van der Waals surface area contributed by atoms with Gasteiger partial charge in [0, 0.05) is 43.8 Å². The summed E-state index contributed by atoms with van der Waals surface area (Å²) in [4.78, 5) is 4.35. The molecule has 0 radical (unpaired) electrons. The van der Waals surface area contributed by atoms with Gasteiger partial charge in [0.15, 0.2) is 5.96 Å². The van der Waals surface area contributed by atoms with Crippen molar-refractivity contribution in [3.05, 3.63) is 59.2 Å². The van der Waals surface area contributed by atoms with Crippen LogP contribution in [0.3, 0.4) is 0 Å². The maximum Gasteiger partial charge on any atom is 0.191 e. The fourth-order valence-electron chi connectivity index (χ4n) is 3.39. The smallest absolute Gasteiger partial charge is 0.191 e. The Hall–Kier alpha value is -2.73. The van der Waals surface area contributed by atoms with E-state index in [1.165, 1.54) is 5.56 Å². The lowest BCUT2D eigenvalue weighted by Gasteiger charge is -2.17. The van der Waals surface area contributed by atoms with Crippen LogP contribution in [0.15, 0.2) is 47.5 Å². The minimum absolute atomic E-state index is 0.478. The maximum atomic E-state index is 6.14. The van der Waals surface area contributed by atoms with Crippen LogP contribution in [-0.2, 0) is 17.8 Å². The highest BCUT2D eigenvalue weighted by Crippen LogP contribution is 2.23. The number of aliphatic imine (C=N–C) groups is 1. The molecule has 2 aromatic rings. The molecule has 1 aliphatic heterocycles. The fraction of sp³-hybridized carbons (Fsp3) is 0.458. The third-order valence-corrected chi connectivity index (χ3v) is 5.11. The van der Waals surface area contributed by atoms with Crippen molar-refractivity contribution in [3.8, 4) is 11.5 Å². The lowest BCUT2D eigenvalue weighted by Crippen LogP contribution is -2.36. The predicted octanol–water partition coefficient (Wildman–Crippen LogP) is 3.67. The largest absolute Gasteiger partial charge is 0.494 e. The van der Waals surface area contributed by atoms with Crippen LogP contribution in [0.25, 0.3) is 0 Å². The second-order valence-electron chi connectivity index (χ2n) is 7.47. The van der Waals surface area contributed by atoms with Crippen molar-refractivity contribution in [1.29, 1.82) is 0 Å². The maximum absolute atomic E-state index is 6.14. The molecule has 0 bridgehead atoms. The Labute approximate surface area is 179 Å². The van der Waals surface area contributed by atoms with Gasteiger partial charge in [-0.1, -0.05) is 30.3 Å². The highest BCUT2D eigenvalue weighted by molar-refractivity contribution is 5.79. The molecule has 6 nitrogen and oxygen atoms in total. The molecule has 0 aliphatic carbocycles. The van der Waals surface area contributed by atoms with Crippen molar-refractivity contribution >= 4 is 5.96 Å². The summed E-state index contributed by atoms with van der Waals surface area (Å²) in [5.41, 5.74) is 3.39. The molecular weight excluding hydrogens is 378 g/mol. The highest BCUT2D eigenvalue weighted by Gasteiger charge is 2.17. The van der Waals surface area contributed by atoms with E-state index in [0.29, 0.717) is 32.2 Å². The summed E-state index contributed by atoms with van der Waals surface area (Å²) < 4.78 is 17.3. The standard InChI is InChI=1S/C24H33N3O3/c1-4-29-22-8-6-5-7-20(22)14-26-24(25-3)27-15-21-10-9-18(2)13-23(21)30-17-19-11-12-28-16-19/h5-10,13,19H,4,11-12,14-17H2,1-3H3,(H2,25,26,27). The van der Waals surface area contributed by atoms with Crippen molar-refractivity contribution in [1.82, 2.24) is 10.6 Å². The Morgan fingerprint density at radius 2 is 1.83 bits per heavy atom. The van der Waals surface area contributed by atoms with Crippen LogP contribution in [0.5, 0.6) is 11.5 Å². The fourth-order valence-corrected chi connectivity index (χ4v) is 3.39. The monoisotopic (exact) mass is 411 g/mol. The quantitative estimate of drug-likeness (QED) is 0.487. The van der Waals surface area contributed by atoms with Gasteiger partial charge in [-0.3, -0.25) is 4.99 Å². The molecule has 2 N–H and O–H groups in total. The number of ether oxygens (including phenoxy) is 3. The van der Waals surface area contributed by atoms with Crippen molar-refractivity contribution in [2.45, 2.75) is 33.4 Å². The summed E-state index contributed by atoms with van der Waals surface area (Å²) in [5.74, 6) is 3.03. The zero-order valence-corrected chi connectivity index (χ0v) is 18.2. The Bertz CT molecular complexity index is 832. The van der Waals surface area contributed by atoms with Crippen molar-refractivity contribution < 1.29 is 14.2 Å². The van der Waals surface area contributed by atoms with Crippen LogP contribution >= 0.6 is 0 Å². The summed E-state index contributed by atoms with van der Waals surface area (Å²) in [7, 11) is 1.77. The minimum atomic E-state index is 0.478. The van der Waals surface area contributed by atoms with Crippen molar-refractivity contribution in [2.24, 2.45) is 10.9 Å². The lowest BCUT2D eigenvalue weighted by molar-refractivity contribution is 0.166. The van der Waals surface area contributed by atoms with E-state index < -0.39 is 0 Å². The first kappa shape index (κ1) is 22.0. The summed E-state index contributed by atoms with van der Waals surface area (Å²) in [6.07, 6.45) is 1.07. The van der Waals surface area contributed by atoms with Crippen LogP contribution in [0, 0.1) is 12.8 Å². The average Bonchev–Trinajstić information content (AvgIpc) is 3.28. The van der Waals surface area contributed by atoms with Crippen molar-refractivity contribution in [2.75, 3.05) is 33.5 Å². The molecule has 2 aromatic carbocycles. The zero-order valence-electron chi connectivity index (χ0n) is 18.2. The molecule has 1 saturated heterocycles. The van der Waals surface area contributed by atoms with E-state index in [0.717, 1.165) is 48.2 Å². The molecule has 0 aromatic heterocycles. The molecule has 1 heterocycles. The zero-order chi connectivity index (χ0) is 21.2. The molecular formula is C24H33N3O3. The molecule has 0 spiro atoms. The van der Waals surface area contributed by atoms with E-state index in [2.05, 4.69) is 46.8 Å². The van der Waals surface area contributed by atoms with E-state index in [4.69, 9.17) is 14.2 Å². The van der Waals surface area contributed by atoms with Crippen LogP contribution in [0.2, 0.25) is 0 Å². The Morgan fingerprint density at radius 3 is 2.53 bits per heavy atom. The topological polar surface area (TPSA) is 64.1 Å². The summed E-state index contributed by atoms with van der Waals surface area (Å²) in [5, 5.41) is 6.75. The normalized spacial score (nSPS) is 16.4. The van der Waals surface area contributed by atoms with Gasteiger partial charge in [0.25, 0.3) is 0 Å². The van der Waals surface area contributed by atoms with Crippen LogP contribution in [0.4, 0.5) is 0 Å². The molecule has 1 atom stereocenters. The Balaban J connectivity index is 1.56. The average molecular weight is 412 g/mol. The Kier molecular flexibility index (Phi) is 8.39. The number of nitrogens with zero attached hydrogens (tertiary/aromatic N) is 1. The number of benzene rings is 2. The van der Waals surface area contributed by atoms with Gasteiger partial charge in [-0.2, -0.15) is 0 Å². The second-order valence-corrected chi connectivity index (χ2v) is 7.47. The minimum Gasteiger partial charge on any atom is -0.494 e. The molecule has 30 heavy (non-hydrogen) atoms. The van der Waals surface area contributed by atoms with E-state index in [9.17, 15) is 0 Å². The van der Waals surface area contributed by atoms with Gasteiger partial charge < -0.3 is 24.8 Å². The highest BCUT2D eigenvalue weighted by atomic mass is 16.5. The number of guanidine groups is 1. The number of hydrogen-bond acceptors (Lipinski definition) is 4. The first-order valence-corrected chi connectivity index (χ1v) is 10.6. The molecule has 1 fully saturated rings. The van der Waals surface area contributed by atoms with Gasteiger partial charge >= 0.3 is 0 Å². The number of hydrogen-bond donors (Lipinski definition) is 2. The van der Waals surface area contributed by atoms with Gasteiger partial charge in [0.2, 0.25) is 0 Å². The van der Waals surface area contributed by atoms with Gasteiger partial charge in [0.1, 0.15) is 11.5 Å². The Morgan fingerprint density at radius 1 is 1.07 bits per heavy atom. The van der Waals surface area contributed by atoms with Crippen LogP contribution in [-0.4, -0.2) is 39.4 Å². The van der Waals surface area contributed by atoms with E-state index in [-0.39, 0.29) is 0 Å². The van der Waals surface area contributed by atoms with E-state index in [1.54, 1.807) is 7.05 Å². The second kappa shape index (κ2) is 11.5. The van der Waals surface area contributed by atoms with Crippen LogP contribution < -0.4 is 20.1 Å². The van der Waals surface area contributed by atoms with Gasteiger partial charge in [-0.05, 0) is 38.0 Å². The third-order valence-electron chi connectivity index (χ3n) is 5.11. The lowest BCUT2D eigenvalue weighted by atomic mass is 10.1. The first-order chi connectivity index (χ1) is 14.7. The molecule has 1 aliphatic rings. The first-order valence-electron chi connectivity index (χ1n) is 10.6. The summed E-state index contributed by atoms with van der Waals surface area (Å²) >= 11 is 0. The number of rotatable bonds is 9. The number of para-hydroxylation sites is 1. The van der Waals surface area contributed by atoms with Gasteiger partial charge in [-0.25, -0.2) is 0 Å². The van der Waals surface area contributed by atoms with Gasteiger partial charge in [-0.15, -0.1) is 0 Å². The number of aryl methyl sites for hydroxylation is 1. The van der Waals surface area contributed by atoms with Crippen LogP contribution in [0.1, 0.15) is 30.0 Å². The molecule has 1 unspecified atom stereocenters. The van der Waals surface area contributed by atoms with Crippen molar-refractivity contribution in [3.63, 3.8) is 0 Å². The molecule has 0 saturated carbocycles. The van der Waals surface area contributed by atoms with Gasteiger partial charge in [0.05, 0.1) is 19.8 Å². The van der Waals surface area contributed by atoms with E-state index in [1.807, 2.05) is 25.1 Å². The SMILES string of the molecule is CCOc1ccccc1CNC(=NC)NCc1ccc(C)cc1OCC1CCOC1. The molecule has 6 heteroatoms. The predicted molar refractivity (Wildman–Crippen MR) is 120 cm³/mol. The molecule has 162 valence electrons. The molecule has 0 amide bonds. The number of nitrogens with one attached hydrogen (secondary N) is 2.